The molecule has 0 aromatic heterocycles. The van der Waals surface area contributed by atoms with Crippen molar-refractivity contribution in [3.8, 4) is 5.75 Å². The van der Waals surface area contributed by atoms with Crippen molar-refractivity contribution in [1.29, 1.82) is 0 Å². The van der Waals surface area contributed by atoms with Crippen LogP contribution in [0, 0.1) is 0 Å². The summed E-state index contributed by atoms with van der Waals surface area (Å²) in [4.78, 5) is 17.0. The van der Waals surface area contributed by atoms with E-state index in [1.165, 1.54) is 0 Å². The van der Waals surface area contributed by atoms with E-state index in [1.54, 1.807) is 38.1 Å². The highest BCUT2D eigenvalue weighted by atomic mass is 35.5. The lowest BCUT2D eigenvalue weighted by molar-refractivity contribution is -0.145. The van der Waals surface area contributed by atoms with Crippen molar-refractivity contribution in [3.63, 3.8) is 0 Å². The molecule has 0 spiro atoms. The fourth-order valence-corrected chi connectivity index (χ4v) is 3.46. The van der Waals surface area contributed by atoms with Crippen molar-refractivity contribution in [3.05, 3.63) is 58.6 Å². The third-order valence-electron chi connectivity index (χ3n) is 4.46. The first-order chi connectivity index (χ1) is 12.4. The average Bonchev–Trinajstić information content (AvgIpc) is 2.63. The van der Waals surface area contributed by atoms with E-state index in [0.717, 1.165) is 23.8 Å². The van der Waals surface area contributed by atoms with Crippen LogP contribution in [0.2, 0.25) is 10.0 Å². The Bertz CT molecular complexity index is 770. The fourth-order valence-electron chi connectivity index (χ4n) is 3.08. The van der Waals surface area contributed by atoms with Gasteiger partial charge in [-0.1, -0.05) is 35.3 Å². The van der Waals surface area contributed by atoms with Gasteiger partial charge >= 0.3 is 0 Å². The van der Waals surface area contributed by atoms with Crippen molar-refractivity contribution in [2.75, 3.05) is 31.1 Å². The standard InChI is InChI=1S/C20H22Cl2N2O2/c1-20(2,26-16-9-7-15(21)8-10-16)19(25)24-13-11-23(12-14-24)18-6-4-3-5-17(18)22/h3-10H,11-14H2,1-2H3. The number of nitrogens with zero attached hydrogens (tertiary/aromatic N) is 2. The van der Waals surface area contributed by atoms with E-state index in [4.69, 9.17) is 27.9 Å². The second kappa shape index (κ2) is 7.77. The zero-order chi connectivity index (χ0) is 18.7. The van der Waals surface area contributed by atoms with Gasteiger partial charge in [-0.15, -0.1) is 0 Å². The van der Waals surface area contributed by atoms with E-state index < -0.39 is 5.60 Å². The Morgan fingerprint density at radius 3 is 2.19 bits per heavy atom. The summed E-state index contributed by atoms with van der Waals surface area (Å²) in [5.41, 5.74) is 0.0679. The average molecular weight is 393 g/mol. The molecule has 3 rings (SSSR count). The Morgan fingerprint density at radius 2 is 1.58 bits per heavy atom. The van der Waals surface area contributed by atoms with Crippen LogP contribution in [-0.4, -0.2) is 42.6 Å². The minimum atomic E-state index is -0.944. The Kier molecular flexibility index (Phi) is 5.64. The maximum atomic E-state index is 12.9. The van der Waals surface area contributed by atoms with Gasteiger partial charge in [-0.2, -0.15) is 0 Å². The number of para-hydroxylation sites is 1. The second-order valence-electron chi connectivity index (χ2n) is 6.80. The maximum Gasteiger partial charge on any atom is 0.266 e. The first-order valence-corrected chi connectivity index (χ1v) is 9.36. The van der Waals surface area contributed by atoms with Gasteiger partial charge < -0.3 is 14.5 Å². The van der Waals surface area contributed by atoms with Gasteiger partial charge in [0.25, 0.3) is 5.91 Å². The minimum Gasteiger partial charge on any atom is -0.478 e. The smallest absolute Gasteiger partial charge is 0.266 e. The lowest BCUT2D eigenvalue weighted by atomic mass is 10.1. The van der Waals surface area contributed by atoms with Gasteiger partial charge in [-0.25, -0.2) is 0 Å². The van der Waals surface area contributed by atoms with Crippen LogP contribution >= 0.6 is 23.2 Å². The van der Waals surface area contributed by atoms with E-state index in [-0.39, 0.29) is 5.91 Å². The van der Waals surface area contributed by atoms with Crippen molar-refractivity contribution < 1.29 is 9.53 Å². The summed E-state index contributed by atoms with van der Waals surface area (Å²) in [7, 11) is 0. The lowest BCUT2D eigenvalue weighted by Crippen LogP contribution is -2.55. The predicted octanol–water partition coefficient (Wildman–Crippen LogP) is 4.50. The molecule has 1 amide bonds. The summed E-state index contributed by atoms with van der Waals surface area (Å²) in [6.07, 6.45) is 0. The monoisotopic (exact) mass is 392 g/mol. The molecule has 1 heterocycles. The molecule has 0 atom stereocenters. The summed E-state index contributed by atoms with van der Waals surface area (Å²) >= 11 is 12.2. The topological polar surface area (TPSA) is 32.8 Å². The number of halogens is 2. The zero-order valence-corrected chi connectivity index (χ0v) is 16.4. The van der Waals surface area contributed by atoms with Gasteiger partial charge in [0, 0.05) is 31.2 Å². The highest BCUT2D eigenvalue weighted by Gasteiger charge is 2.35. The molecule has 1 aliphatic rings. The van der Waals surface area contributed by atoms with E-state index in [0.29, 0.717) is 23.9 Å². The molecule has 1 fully saturated rings. The van der Waals surface area contributed by atoms with Crippen LogP contribution in [0.1, 0.15) is 13.8 Å². The van der Waals surface area contributed by atoms with E-state index in [1.807, 2.05) is 29.2 Å². The number of hydrogen-bond acceptors (Lipinski definition) is 3. The van der Waals surface area contributed by atoms with Crippen molar-refractivity contribution >= 4 is 34.8 Å². The molecule has 4 nitrogen and oxygen atoms in total. The number of carbonyl (C=O) groups is 1. The third-order valence-corrected chi connectivity index (χ3v) is 5.03. The van der Waals surface area contributed by atoms with Crippen LogP contribution in [0.25, 0.3) is 0 Å². The highest BCUT2D eigenvalue weighted by Crippen LogP contribution is 2.27. The van der Waals surface area contributed by atoms with Crippen molar-refractivity contribution in [1.82, 2.24) is 4.90 Å². The highest BCUT2D eigenvalue weighted by molar-refractivity contribution is 6.33. The number of carbonyl (C=O) groups excluding carboxylic acids is 1. The molecule has 0 saturated carbocycles. The van der Waals surface area contributed by atoms with Crippen molar-refractivity contribution in [2.24, 2.45) is 0 Å². The Morgan fingerprint density at radius 1 is 0.962 bits per heavy atom. The zero-order valence-electron chi connectivity index (χ0n) is 14.9. The maximum absolute atomic E-state index is 12.9. The number of amides is 1. The molecule has 1 saturated heterocycles. The largest absolute Gasteiger partial charge is 0.478 e. The number of anilines is 1. The fraction of sp³-hybridized carbons (Fsp3) is 0.350. The van der Waals surface area contributed by atoms with Gasteiger partial charge in [-0.3, -0.25) is 4.79 Å². The van der Waals surface area contributed by atoms with Gasteiger partial charge in [0.15, 0.2) is 5.60 Å². The lowest BCUT2D eigenvalue weighted by Gasteiger charge is -2.39. The van der Waals surface area contributed by atoms with Crippen LogP contribution in [0.15, 0.2) is 48.5 Å². The normalized spacial score (nSPS) is 15.1. The Balaban J connectivity index is 1.62. The summed E-state index contributed by atoms with van der Waals surface area (Å²) in [5, 5.41) is 1.37. The van der Waals surface area contributed by atoms with Crippen LogP contribution in [0.4, 0.5) is 5.69 Å². The number of piperazine rings is 1. The summed E-state index contributed by atoms with van der Waals surface area (Å²) in [6, 6.07) is 14.8. The molecule has 6 heteroatoms. The third kappa shape index (κ3) is 4.25. The minimum absolute atomic E-state index is 0.0220. The predicted molar refractivity (Wildman–Crippen MR) is 106 cm³/mol. The van der Waals surface area contributed by atoms with E-state index in [9.17, 15) is 4.79 Å². The van der Waals surface area contributed by atoms with Gasteiger partial charge in [-0.05, 0) is 50.2 Å². The molecule has 2 aromatic carbocycles. The molecule has 0 aliphatic carbocycles. The number of hydrogen-bond donors (Lipinski definition) is 0. The summed E-state index contributed by atoms with van der Waals surface area (Å²) < 4.78 is 5.92. The summed E-state index contributed by atoms with van der Waals surface area (Å²) in [5.74, 6) is 0.605. The molecule has 0 unspecified atom stereocenters. The van der Waals surface area contributed by atoms with E-state index >= 15 is 0 Å². The van der Waals surface area contributed by atoms with Crippen LogP contribution in [-0.2, 0) is 4.79 Å². The molecular weight excluding hydrogens is 371 g/mol. The van der Waals surface area contributed by atoms with Gasteiger partial charge in [0.2, 0.25) is 0 Å². The molecule has 0 radical (unpaired) electrons. The molecule has 0 bridgehead atoms. The van der Waals surface area contributed by atoms with E-state index in [2.05, 4.69) is 4.90 Å². The SMILES string of the molecule is CC(C)(Oc1ccc(Cl)cc1)C(=O)N1CCN(c2ccccc2Cl)CC1. The number of benzene rings is 2. The second-order valence-corrected chi connectivity index (χ2v) is 7.64. The number of ether oxygens (including phenoxy) is 1. The number of rotatable bonds is 4. The molecule has 138 valence electrons. The molecule has 2 aromatic rings. The van der Waals surface area contributed by atoms with Crippen LogP contribution in [0.5, 0.6) is 5.75 Å². The Labute approximate surface area is 164 Å². The molecule has 26 heavy (non-hydrogen) atoms. The molecule has 1 aliphatic heterocycles. The van der Waals surface area contributed by atoms with Crippen molar-refractivity contribution in [2.45, 2.75) is 19.4 Å². The molecule has 0 N–H and O–H groups in total. The van der Waals surface area contributed by atoms with Gasteiger partial charge in [0.05, 0.1) is 10.7 Å². The quantitative estimate of drug-likeness (QED) is 0.767. The Hall–Kier alpha value is -1.91. The van der Waals surface area contributed by atoms with Crippen LogP contribution in [0.3, 0.4) is 0 Å². The first-order valence-electron chi connectivity index (χ1n) is 8.60. The summed E-state index contributed by atoms with van der Waals surface area (Å²) in [6.45, 7) is 6.35. The van der Waals surface area contributed by atoms with Gasteiger partial charge in [0.1, 0.15) is 5.75 Å². The molecular formula is C20H22Cl2N2O2. The van der Waals surface area contributed by atoms with Crippen LogP contribution < -0.4 is 9.64 Å². The first kappa shape index (κ1) is 18.9.